The van der Waals surface area contributed by atoms with Crippen LogP contribution in [0.25, 0.3) is 0 Å². The average molecular weight is 547 g/mol. The van der Waals surface area contributed by atoms with Crippen molar-refractivity contribution in [2.45, 2.75) is 65.1 Å². The monoisotopic (exact) mass is 546 g/mol. The molecule has 2 rings (SSSR count). The Labute approximate surface area is 217 Å². The number of nitrogens with zero attached hydrogens (tertiary/aromatic N) is 3. The molecule has 0 radical (unpaired) electrons. The first-order valence-electron chi connectivity index (χ1n) is 12.1. The fourth-order valence-corrected chi connectivity index (χ4v) is 4.00. The van der Waals surface area contributed by atoms with Crippen LogP contribution in [0.15, 0.2) is 30.3 Å². The van der Waals surface area contributed by atoms with Gasteiger partial charge in [-0.05, 0) is 43.5 Å². The van der Waals surface area contributed by atoms with Crippen LogP contribution in [0.5, 0.6) is 0 Å². The second kappa shape index (κ2) is 13.7. The summed E-state index contributed by atoms with van der Waals surface area (Å²) in [5.74, 6) is -1.81. The third-order valence-corrected chi connectivity index (χ3v) is 6.67. The quantitative estimate of drug-likeness (QED) is 0.251. The van der Waals surface area contributed by atoms with Crippen LogP contribution in [-0.4, -0.2) is 39.8 Å². The third-order valence-electron chi connectivity index (χ3n) is 6.00. The molecule has 2 atom stereocenters. The van der Waals surface area contributed by atoms with Crippen molar-refractivity contribution in [3.8, 4) is 0 Å². The van der Waals surface area contributed by atoms with Crippen molar-refractivity contribution in [1.29, 1.82) is 0 Å². The van der Waals surface area contributed by atoms with Gasteiger partial charge in [0.15, 0.2) is 0 Å². The van der Waals surface area contributed by atoms with Crippen LogP contribution in [0.1, 0.15) is 69.2 Å². The molecule has 0 spiro atoms. The molecular weight excluding hydrogens is 512 g/mol. The summed E-state index contributed by atoms with van der Waals surface area (Å²) >= 11 is -2.41. The van der Waals surface area contributed by atoms with Gasteiger partial charge in [-0.3, -0.25) is 13.7 Å². The zero-order chi connectivity index (χ0) is 27.8. The van der Waals surface area contributed by atoms with Crippen molar-refractivity contribution in [2.75, 3.05) is 29.3 Å². The molecule has 12 heteroatoms. The molecule has 0 aliphatic carbocycles. The normalized spacial score (nSPS) is 13.2. The summed E-state index contributed by atoms with van der Waals surface area (Å²) < 4.78 is 75.9. The Balaban J connectivity index is 2.27. The maximum atomic E-state index is 14.5. The second-order valence-corrected chi connectivity index (χ2v) is 9.76. The number of carbonyl (C=O) groups excluding carboxylic acids is 1. The lowest BCUT2D eigenvalue weighted by molar-refractivity contribution is -0.141. The fraction of sp³-hybridized carbons (Fsp3) is 0.520. The van der Waals surface area contributed by atoms with Gasteiger partial charge in [0.1, 0.15) is 17.3 Å². The van der Waals surface area contributed by atoms with Crippen molar-refractivity contribution in [3.05, 3.63) is 53.0 Å². The zero-order valence-electron chi connectivity index (χ0n) is 21.4. The number of benzene rings is 1. The van der Waals surface area contributed by atoms with E-state index in [9.17, 15) is 26.6 Å². The van der Waals surface area contributed by atoms with Crippen LogP contribution >= 0.6 is 0 Å². The molecule has 1 amide bonds. The highest BCUT2D eigenvalue weighted by Crippen LogP contribution is 2.31. The summed E-state index contributed by atoms with van der Waals surface area (Å²) in [6.45, 7) is 6.60. The predicted molar refractivity (Wildman–Crippen MR) is 137 cm³/mol. The molecule has 0 aliphatic heterocycles. The van der Waals surface area contributed by atoms with E-state index >= 15 is 0 Å². The Bertz CT molecular complexity index is 1080. The van der Waals surface area contributed by atoms with E-state index in [1.807, 2.05) is 18.7 Å². The minimum Gasteiger partial charge on any atom is -0.356 e. The molecule has 7 nitrogen and oxygen atoms in total. The maximum Gasteiger partial charge on any atom is 0.433 e. The van der Waals surface area contributed by atoms with Gasteiger partial charge in [0.2, 0.25) is 5.91 Å². The first kappa shape index (κ1) is 30.5. The lowest BCUT2D eigenvalue weighted by atomic mass is 9.99. The van der Waals surface area contributed by atoms with E-state index < -0.39 is 40.8 Å². The number of nitrogens with one attached hydrogen (secondary N) is 1. The number of alkyl halides is 3. The Morgan fingerprint density at radius 3 is 2.27 bits per heavy atom. The van der Waals surface area contributed by atoms with Crippen LogP contribution in [0.2, 0.25) is 0 Å². The van der Waals surface area contributed by atoms with Crippen molar-refractivity contribution >= 4 is 28.7 Å². The third kappa shape index (κ3) is 8.39. The average Bonchev–Trinajstić information content (AvgIpc) is 2.85. The number of hydrogen-bond donors (Lipinski definition) is 2. The number of anilines is 2. The van der Waals surface area contributed by atoms with Crippen molar-refractivity contribution < 1.29 is 31.1 Å². The summed E-state index contributed by atoms with van der Waals surface area (Å²) in [7, 11) is 1.25. The molecule has 1 aromatic heterocycles. The van der Waals surface area contributed by atoms with Gasteiger partial charge < -0.3 is 10.2 Å². The summed E-state index contributed by atoms with van der Waals surface area (Å²) in [6, 6.07) is 6.14. The second-order valence-electron chi connectivity index (χ2n) is 8.75. The Kier molecular flexibility index (Phi) is 11.3. The molecule has 1 aromatic carbocycles. The van der Waals surface area contributed by atoms with E-state index in [-0.39, 0.29) is 18.1 Å². The van der Waals surface area contributed by atoms with Gasteiger partial charge in [0.05, 0.1) is 11.6 Å². The molecular formula is C25H34F4N4O3S. The van der Waals surface area contributed by atoms with E-state index in [1.165, 1.54) is 25.2 Å². The van der Waals surface area contributed by atoms with E-state index in [0.29, 0.717) is 24.2 Å². The van der Waals surface area contributed by atoms with Crippen molar-refractivity contribution in [2.24, 2.45) is 0 Å². The fourth-order valence-electron chi connectivity index (χ4n) is 3.69. The Morgan fingerprint density at radius 1 is 1.14 bits per heavy atom. The largest absolute Gasteiger partial charge is 0.433 e. The van der Waals surface area contributed by atoms with E-state index in [2.05, 4.69) is 10.3 Å². The Hall–Kier alpha value is -2.73. The van der Waals surface area contributed by atoms with Crippen LogP contribution in [0, 0.1) is 5.82 Å². The molecule has 206 valence electrons. The number of pyridine rings is 1. The van der Waals surface area contributed by atoms with Crippen LogP contribution in [0.3, 0.4) is 0 Å². The number of unbranched alkanes of at least 4 members (excludes halogenated alkanes) is 2. The molecule has 0 fully saturated rings. The lowest BCUT2D eigenvalue weighted by Crippen LogP contribution is -2.32. The molecule has 2 unspecified atom stereocenters. The zero-order valence-corrected chi connectivity index (χ0v) is 22.3. The smallest absolute Gasteiger partial charge is 0.356 e. The number of halogens is 4. The Morgan fingerprint density at radius 2 is 1.76 bits per heavy atom. The van der Waals surface area contributed by atoms with Gasteiger partial charge in [-0.2, -0.15) is 13.2 Å². The summed E-state index contributed by atoms with van der Waals surface area (Å²) in [5.41, 5.74) is -0.298. The summed E-state index contributed by atoms with van der Waals surface area (Å²) in [6.07, 6.45) is -1.30. The highest BCUT2D eigenvalue weighted by molar-refractivity contribution is 7.80. The van der Waals surface area contributed by atoms with Crippen LogP contribution in [-0.2, 0) is 28.8 Å². The molecule has 2 N–H and O–H groups in total. The van der Waals surface area contributed by atoms with Crippen LogP contribution < -0.4 is 14.5 Å². The van der Waals surface area contributed by atoms with Gasteiger partial charge in [0.25, 0.3) is 11.3 Å². The number of hydrogen-bond acceptors (Lipinski definition) is 4. The predicted octanol–water partition coefficient (Wildman–Crippen LogP) is 5.64. The maximum absolute atomic E-state index is 14.5. The highest BCUT2D eigenvalue weighted by Gasteiger charge is 2.33. The number of amides is 1. The van der Waals surface area contributed by atoms with Gasteiger partial charge in [-0.25, -0.2) is 13.6 Å². The number of rotatable bonds is 13. The first-order valence-corrected chi connectivity index (χ1v) is 13.2. The summed E-state index contributed by atoms with van der Waals surface area (Å²) in [4.78, 5) is 18.6. The van der Waals surface area contributed by atoms with Crippen molar-refractivity contribution in [1.82, 2.24) is 10.3 Å². The lowest BCUT2D eigenvalue weighted by Gasteiger charge is -2.27. The molecule has 0 bridgehead atoms. The van der Waals surface area contributed by atoms with Crippen LogP contribution in [0.4, 0.5) is 29.1 Å². The van der Waals surface area contributed by atoms with Gasteiger partial charge in [-0.15, -0.1) is 0 Å². The number of aromatic nitrogens is 1. The molecule has 37 heavy (non-hydrogen) atoms. The molecule has 1 heterocycles. The van der Waals surface area contributed by atoms with E-state index in [4.69, 9.17) is 4.55 Å². The standard InChI is InChI=1S/C25H34F4N4O3S/c1-5-7-13-33(14-8-6-2)23-19(10-12-22(31-23)25(27,28)29)16-30-24(34)17(3)18-9-11-21(20(26)15-18)32(4)37(35)36/h9-12,15,17H,5-8,13-14,16H2,1-4H3,(H,30,34)(H,35,36). The van der Waals surface area contributed by atoms with E-state index in [1.54, 1.807) is 6.92 Å². The first-order chi connectivity index (χ1) is 17.4. The van der Waals surface area contributed by atoms with Gasteiger partial charge >= 0.3 is 6.18 Å². The minimum absolute atomic E-state index is 0.0504. The molecule has 2 aromatic rings. The van der Waals surface area contributed by atoms with Gasteiger partial charge in [-0.1, -0.05) is 38.8 Å². The van der Waals surface area contributed by atoms with E-state index in [0.717, 1.165) is 42.1 Å². The SMILES string of the molecule is CCCCN(CCCC)c1nc(C(F)(F)F)ccc1CNC(=O)C(C)c1ccc(N(C)S(=O)O)c(F)c1. The number of carbonyl (C=O) groups is 1. The topological polar surface area (TPSA) is 85.8 Å². The van der Waals surface area contributed by atoms with Gasteiger partial charge in [0, 0.05) is 32.2 Å². The highest BCUT2D eigenvalue weighted by atomic mass is 32.2. The summed E-state index contributed by atoms with van der Waals surface area (Å²) in [5, 5.41) is 2.73. The molecule has 0 aliphatic rings. The molecule has 0 saturated carbocycles. The van der Waals surface area contributed by atoms with Crippen molar-refractivity contribution in [3.63, 3.8) is 0 Å². The minimum atomic E-state index is -4.60. The molecule has 0 saturated heterocycles.